The summed E-state index contributed by atoms with van der Waals surface area (Å²) in [6.07, 6.45) is -5.12. The number of amides is 1. The van der Waals surface area contributed by atoms with Crippen LogP contribution in [0.2, 0.25) is 0 Å². The molecule has 1 amide bonds. The Bertz CT molecular complexity index is 1160. The van der Waals surface area contributed by atoms with Gasteiger partial charge in [0.05, 0.1) is 12.1 Å². The van der Waals surface area contributed by atoms with Crippen molar-refractivity contribution < 1.29 is 31.5 Å². The summed E-state index contributed by atoms with van der Waals surface area (Å²) in [5.41, 5.74) is 0.221. The fraction of sp³-hybridized carbons (Fsp3) is 0.444. The van der Waals surface area contributed by atoms with Crippen LogP contribution >= 0.6 is 0 Å². The van der Waals surface area contributed by atoms with Crippen LogP contribution < -0.4 is 10.6 Å². The van der Waals surface area contributed by atoms with Crippen LogP contribution in [0, 0.1) is 17.2 Å². The zero-order chi connectivity index (χ0) is 27.6. The number of carbonyl (C=O) groups excluding carboxylic acids is 2. The fourth-order valence-electron chi connectivity index (χ4n) is 3.98. The van der Waals surface area contributed by atoms with E-state index in [2.05, 4.69) is 10.6 Å². The molecule has 3 rings (SSSR count). The van der Waals surface area contributed by atoms with E-state index in [9.17, 15) is 36.8 Å². The molecule has 198 valence electrons. The molecule has 0 aromatic heterocycles. The van der Waals surface area contributed by atoms with E-state index in [-0.39, 0.29) is 23.7 Å². The van der Waals surface area contributed by atoms with Crippen LogP contribution in [-0.4, -0.2) is 35.4 Å². The predicted octanol–water partition coefficient (Wildman–Crippen LogP) is 5.97. The molecule has 0 radical (unpaired) electrons. The first-order valence-corrected chi connectivity index (χ1v) is 11.8. The van der Waals surface area contributed by atoms with Crippen LogP contribution in [0.4, 0.5) is 22.0 Å². The van der Waals surface area contributed by atoms with Crippen molar-refractivity contribution in [2.24, 2.45) is 5.92 Å². The first-order chi connectivity index (χ1) is 17.2. The Morgan fingerprint density at radius 2 is 1.49 bits per heavy atom. The minimum Gasteiger partial charge on any atom is -0.336 e. The zero-order valence-electron chi connectivity index (χ0n) is 20.6. The largest absolute Gasteiger partial charge is 0.455 e. The summed E-state index contributed by atoms with van der Waals surface area (Å²) >= 11 is 0. The molecule has 0 heterocycles. The lowest BCUT2D eigenvalue weighted by Crippen LogP contribution is -2.55. The van der Waals surface area contributed by atoms with E-state index in [1.165, 1.54) is 19.1 Å². The maximum atomic E-state index is 14.8. The van der Waals surface area contributed by atoms with Crippen LogP contribution in [0.5, 0.6) is 0 Å². The first kappa shape index (κ1) is 28.3. The Kier molecular flexibility index (Phi) is 8.08. The van der Waals surface area contributed by atoms with Gasteiger partial charge in [0, 0.05) is 5.56 Å². The van der Waals surface area contributed by atoms with E-state index in [0.717, 1.165) is 12.1 Å². The van der Waals surface area contributed by atoms with Gasteiger partial charge in [0.25, 0.3) is 0 Å². The molecule has 1 aliphatic rings. The molecule has 5 nitrogen and oxygen atoms in total. The molecule has 0 bridgehead atoms. The number of ketones is 1. The highest BCUT2D eigenvalue weighted by atomic mass is 19.4. The Balaban J connectivity index is 1.94. The summed E-state index contributed by atoms with van der Waals surface area (Å²) in [6.45, 7) is 4.83. The Morgan fingerprint density at radius 1 is 0.973 bits per heavy atom. The second-order valence-corrected chi connectivity index (χ2v) is 9.84. The molecule has 1 aliphatic carbocycles. The quantitative estimate of drug-likeness (QED) is 0.298. The number of benzene rings is 2. The van der Waals surface area contributed by atoms with Crippen molar-refractivity contribution in [2.45, 2.75) is 69.8 Å². The van der Waals surface area contributed by atoms with Gasteiger partial charge in [-0.25, -0.2) is 0 Å². The lowest BCUT2D eigenvalue weighted by molar-refractivity contribution is -0.295. The van der Waals surface area contributed by atoms with Crippen LogP contribution in [0.15, 0.2) is 48.5 Å². The molecule has 2 atom stereocenters. The van der Waals surface area contributed by atoms with Gasteiger partial charge in [-0.1, -0.05) is 62.4 Å². The summed E-state index contributed by atoms with van der Waals surface area (Å²) in [5.74, 6) is -6.33. The summed E-state index contributed by atoms with van der Waals surface area (Å²) in [4.78, 5) is 24.3. The van der Waals surface area contributed by atoms with Gasteiger partial charge in [0.2, 0.25) is 5.91 Å². The molecule has 2 aromatic carbocycles. The Hall–Kier alpha value is -3.32. The summed E-state index contributed by atoms with van der Waals surface area (Å²) in [5, 5.41) is 14.0. The normalized spacial score (nSPS) is 16.5. The minimum atomic E-state index is -5.88. The second kappa shape index (κ2) is 10.6. The van der Waals surface area contributed by atoms with E-state index in [0.29, 0.717) is 29.5 Å². The standard InChI is InChI=1S/C27H28F5N3O2/c1-16(2)14-22(24(37)35-25(15-33)12-13-25)34-23(26(28,29)27(30,31)32)21-10-8-20(9-11-21)19-6-4-18(5-7-19)17(3)36/h4-11,16,22-23,34H,12-14H2,1-3H3,(H,35,37)/t22-,23-/m0/s1. The van der Waals surface area contributed by atoms with E-state index in [1.54, 1.807) is 38.1 Å². The number of hydrogen-bond donors (Lipinski definition) is 2. The van der Waals surface area contributed by atoms with Crippen LogP contribution in [0.1, 0.15) is 62.0 Å². The van der Waals surface area contributed by atoms with Crippen molar-refractivity contribution in [2.75, 3.05) is 0 Å². The number of Topliss-reactive ketones (excluding diaryl/α,β-unsaturated/α-hetero) is 1. The van der Waals surface area contributed by atoms with Crippen molar-refractivity contribution in [3.05, 3.63) is 59.7 Å². The third-order valence-corrected chi connectivity index (χ3v) is 6.33. The summed E-state index contributed by atoms with van der Waals surface area (Å²) in [7, 11) is 0. The van der Waals surface area contributed by atoms with Gasteiger partial charge in [-0.05, 0) is 48.8 Å². The topological polar surface area (TPSA) is 82.0 Å². The van der Waals surface area contributed by atoms with Crippen molar-refractivity contribution in [3.8, 4) is 17.2 Å². The number of carbonyl (C=O) groups is 2. The SMILES string of the molecule is CC(=O)c1ccc(-c2ccc([C@H](N[C@@H](CC(C)C)C(=O)NC3(C#N)CC3)C(F)(F)C(F)(F)F)cc2)cc1. The monoisotopic (exact) mass is 521 g/mol. The van der Waals surface area contributed by atoms with Crippen molar-refractivity contribution in [3.63, 3.8) is 0 Å². The number of alkyl halides is 5. The lowest BCUT2D eigenvalue weighted by atomic mass is 9.94. The van der Waals surface area contributed by atoms with Gasteiger partial charge in [0.15, 0.2) is 5.78 Å². The van der Waals surface area contributed by atoms with Gasteiger partial charge in [-0.2, -0.15) is 27.2 Å². The molecular formula is C27H28F5N3O2. The van der Waals surface area contributed by atoms with Crippen molar-refractivity contribution in [1.29, 1.82) is 5.26 Å². The molecule has 2 N–H and O–H groups in total. The van der Waals surface area contributed by atoms with E-state index in [1.807, 2.05) is 6.07 Å². The highest BCUT2D eigenvalue weighted by Crippen LogP contribution is 2.45. The number of nitrogens with zero attached hydrogens (tertiary/aromatic N) is 1. The number of hydrogen-bond acceptors (Lipinski definition) is 4. The number of nitriles is 1. The summed E-state index contributed by atoms with van der Waals surface area (Å²) in [6, 6.07) is 9.65. The zero-order valence-corrected chi connectivity index (χ0v) is 20.6. The third-order valence-electron chi connectivity index (χ3n) is 6.33. The average Bonchev–Trinajstić information content (AvgIpc) is 3.60. The molecule has 2 aromatic rings. The molecule has 1 saturated carbocycles. The van der Waals surface area contributed by atoms with Gasteiger partial charge in [-0.3, -0.25) is 14.9 Å². The predicted molar refractivity (Wildman–Crippen MR) is 128 cm³/mol. The van der Waals surface area contributed by atoms with Gasteiger partial charge < -0.3 is 5.32 Å². The Morgan fingerprint density at radius 3 is 1.89 bits per heavy atom. The van der Waals surface area contributed by atoms with E-state index < -0.39 is 35.6 Å². The molecule has 37 heavy (non-hydrogen) atoms. The number of halogens is 5. The fourth-order valence-corrected chi connectivity index (χ4v) is 3.98. The third kappa shape index (κ3) is 6.52. The van der Waals surface area contributed by atoms with E-state index in [4.69, 9.17) is 0 Å². The van der Waals surface area contributed by atoms with Crippen LogP contribution in [0.3, 0.4) is 0 Å². The highest BCUT2D eigenvalue weighted by Gasteiger charge is 2.63. The number of rotatable bonds is 10. The van der Waals surface area contributed by atoms with Gasteiger partial charge in [0.1, 0.15) is 11.6 Å². The molecular weight excluding hydrogens is 493 g/mol. The smallest absolute Gasteiger partial charge is 0.336 e. The van der Waals surface area contributed by atoms with Crippen LogP contribution in [0.25, 0.3) is 11.1 Å². The molecule has 10 heteroatoms. The van der Waals surface area contributed by atoms with Crippen LogP contribution in [-0.2, 0) is 4.79 Å². The Labute approximate surface area is 212 Å². The molecule has 0 saturated heterocycles. The first-order valence-electron chi connectivity index (χ1n) is 11.8. The van der Waals surface area contributed by atoms with Crippen molar-refractivity contribution in [1.82, 2.24) is 10.6 Å². The second-order valence-electron chi connectivity index (χ2n) is 9.84. The highest BCUT2D eigenvalue weighted by molar-refractivity contribution is 5.94. The molecule has 0 unspecified atom stereocenters. The van der Waals surface area contributed by atoms with Gasteiger partial charge >= 0.3 is 12.1 Å². The van der Waals surface area contributed by atoms with E-state index >= 15 is 0 Å². The lowest BCUT2D eigenvalue weighted by Gasteiger charge is -2.33. The number of nitrogens with one attached hydrogen (secondary N) is 2. The van der Waals surface area contributed by atoms with Crippen molar-refractivity contribution >= 4 is 11.7 Å². The summed E-state index contributed by atoms with van der Waals surface area (Å²) < 4.78 is 70.1. The maximum Gasteiger partial charge on any atom is 0.455 e. The maximum absolute atomic E-state index is 14.8. The molecule has 1 fully saturated rings. The molecule has 0 aliphatic heterocycles. The van der Waals surface area contributed by atoms with Gasteiger partial charge in [-0.15, -0.1) is 0 Å². The molecule has 0 spiro atoms. The minimum absolute atomic E-state index is 0.0155. The average molecular weight is 522 g/mol.